The predicted molar refractivity (Wildman–Crippen MR) is 98.1 cm³/mol. The van der Waals surface area contributed by atoms with Gasteiger partial charge in [0.15, 0.2) is 0 Å². The van der Waals surface area contributed by atoms with Crippen LogP contribution in [0, 0.1) is 0 Å². The standard InChI is InChI=1S/C18H24F3N5O2/c1-10-8-26(16(27)28-17(3,4)5)11(2)7-25(10)15-13-12(18(19,20)21)6-22-14(13)23-9-24-15/h6,9-11H,7-8H2,1-5H3,(H,22,23,24)/t10-,11+/m0/s1. The molecule has 3 heterocycles. The third kappa shape index (κ3) is 3.85. The summed E-state index contributed by atoms with van der Waals surface area (Å²) in [5.41, 5.74) is -1.29. The quantitative estimate of drug-likeness (QED) is 0.789. The Morgan fingerprint density at radius 2 is 1.86 bits per heavy atom. The summed E-state index contributed by atoms with van der Waals surface area (Å²) < 4.78 is 45.7. The third-order valence-corrected chi connectivity index (χ3v) is 4.64. The number of H-pyrrole nitrogens is 1. The van der Waals surface area contributed by atoms with Gasteiger partial charge in [0.2, 0.25) is 0 Å². The molecule has 1 aliphatic heterocycles. The molecule has 0 aliphatic carbocycles. The number of amides is 1. The second-order valence-corrected chi connectivity index (χ2v) is 8.10. The summed E-state index contributed by atoms with van der Waals surface area (Å²) in [7, 11) is 0. The molecule has 1 fully saturated rings. The van der Waals surface area contributed by atoms with Crippen molar-refractivity contribution in [2.45, 2.75) is 58.5 Å². The van der Waals surface area contributed by atoms with Gasteiger partial charge in [0, 0.05) is 31.4 Å². The Morgan fingerprint density at radius 3 is 2.46 bits per heavy atom. The fraction of sp³-hybridized carbons (Fsp3) is 0.611. The lowest BCUT2D eigenvalue weighted by Crippen LogP contribution is -2.59. The van der Waals surface area contributed by atoms with Gasteiger partial charge in [-0.25, -0.2) is 14.8 Å². The zero-order valence-electron chi connectivity index (χ0n) is 16.5. The minimum absolute atomic E-state index is 0.0558. The molecule has 1 aliphatic rings. The number of hydrogen-bond donors (Lipinski definition) is 1. The molecule has 1 N–H and O–H groups in total. The lowest BCUT2D eigenvalue weighted by Gasteiger charge is -2.44. The molecule has 0 spiro atoms. The maximum atomic E-state index is 13.4. The van der Waals surface area contributed by atoms with E-state index in [1.165, 1.54) is 6.33 Å². The van der Waals surface area contributed by atoms with Gasteiger partial charge in [-0.3, -0.25) is 0 Å². The zero-order valence-corrected chi connectivity index (χ0v) is 16.5. The molecule has 28 heavy (non-hydrogen) atoms. The van der Waals surface area contributed by atoms with Crippen LogP contribution in [0.15, 0.2) is 12.5 Å². The lowest BCUT2D eigenvalue weighted by molar-refractivity contribution is -0.136. The van der Waals surface area contributed by atoms with E-state index in [9.17, 15) is 18.0 Å². The summed E-state index contributed by atoms with van der Waals surface area (Å²) in [5, 5.41) is -0.0558. The van der Waals surface area contributed by atoms with Crippen molar-refractivity contribution in [3.8, 4) is 0 Å². The van der Waals surface area contributed by atoms with Crippen LogP contribution in [0.2, 0.25) is 0 Å². The average molecular weight is 399 g/mol. The molecule has 2 aromatic heterocycles. The first kappa shape index (κ1) is 20.2. The van der Waals surface area contributed by atoms with E-state index in [1.807, 2.05) is 13.8 Å². The van der Waals surface area contributed by atoms with E-state index in [4.69, 9.17) is 4.74 Å². The summed E-state index contributed by atoms with van der Waals surface area (Å²) in [6.07, 6.45) is -2.80. The molecule has 1 amide bonds. The van der Waals surface area contributed by atoms with Crippen LogP contribution in [0.1, 0.15) is 40.2 Å². The minimum atomic E-state index is -4.52. The van der Waals surface area contributed by atoms with E-state index in [0.717, 1.165) is 6.20 Å². The molecule has 0 aromatic carbocycles. The Kier molecular flexibility index (Phi) is 4.93. The first-order valence-corrected chi connectivity index (χ1v) is 9.04. The van der Waals surface area contributed by atoms with Crippen molar-refractivity contribution in [2.24, 2.45) is 0 Å². The van der Waals surface area contributed by atoms with Crippen molar-refractivity contribution in [3.05, 3.63) is 18.1 Å². The Balaban J connectivity index is 1.92. The summed E-state index contributed by atoms with van der Waals surface area (Å²) in [6.45, 7) is 9.69. The molecule has 10 heteroatoms. The van der Waals surface area contributed by atoms with Crippen LogP contribution >= 0.6 is 0 Å². The summed E-state index contributed by atoms with van der Waals surface area (Å²) in [6, 6.07) is -0.512. The van der Waals surface area contributed by atoms with Crippen molar-refractivity contribution in [3.63, 3.8) is 0 Å². The lowest BCUT2D eigenvalue weighted by atomic mass is 10.1. The Morgan fingerprint density at radius 1 is 1.18 bits per heavy atom. The number of anilines is 1. The Labute approximate surface area is 160 Å². The van der Waals surface area contributed by atoms with Gasteiger partial charge < -0.3 is 19.5 Å². The Hall–Kier alpha value is -2.52. The number of alkyl halides is 3. The van der Waals surface area contributed by atoms with E-state index in [0.29, 0.717) is 13.1 Å². The van der Waals surface area contributed by atoms with Gasteiger partial charge in [0.1, 0.15) is 23.4 Å². The summed E-state index contributed by atoms with van der Waals surface area (Å²) in [5.74, 6) is 0.210. The maximum Gasteiger partial charge on any atom is 0.418 e. The highest BCUT2D eigenvalue weighted by molar-refractivity contribution is 5.91. The highest BCUT2D eigenvalue weighted by Gasteiger charge is 2.39. The number of hydrogen-bond acceptors (Lipinski definition) is 5. The number of nitrogens with one attached hydrogen (secondary N) is 1. The molecule has 7 nitrogen and oxygen atoms in total. The molecule has 0 saturated carbocycles. The van der Waals surface area contributed by atoms with Crippen LogP contribution in [-0.4, -0.2) is 56.7 Å². The van der Waals surface area contributed by atoms with Crippen molar-refractivity contribution >= 4 is 22.9 Å². The maximum absolute atomic E-state index is 13.4. The number of aromatic nitrogens is 3. The first-order valence-electron chi connectivity index (χ1n) is 9.04. The predicted octanol–water partition coefficient (Wildman–Crippen LogP) is 3.81. The monoisotopic (exact) mass is 399 g/mol. The highest BCUT2D eigenvalue weighted by atomic mass is 19.4. The van der Waals surface area contributed by atoms with Crippen LogP contribution in [0.25, 0.3) is 11.0 Å². The van der Waals surface area contributed by atoms with Crippen molar-refractivity contribution in [1.82, 2.24) is 19.9 Å². The van der Waals surface area contributed by atoms with Gasteiger partial charge in [-0.1, -0.05) is 0 Å². The molecular weight excluding hydrogens is 375 g/mol. The fourth-order valence-corrected chi connectivity index (χ4v) is 3.38. The molecule has 0 unspecified atom stereocenters. The largest absolute Gasteiger partial charge is 0.444 e. The van der Waals surface area contributed by atoms with Crippen LogP contribution < -0.4 is 4.90 Å². The number of piperazine rings is 1. The van der Waals surface area contributed by atoms with Gasteiger partial charge in [0.25, 0.3) is 0 Å². The van der Waals surface area contributed by atoms with Crippen LogP contribution in [0.3, 0.4) is 0 Å². The van der Waals surface area contributed by atoms with Crippen molar-refractivity contribution in [2.75, 3.05) is 18.0 Å². The van der Waals surface area contributed by atoms with Gasteiger partial charge in [-0.15, -0.1) is 0 Å². The number of aromatic amines is 1. The van der Waals surface area contributed by atoms with Crippen LogP contribution in [-0.2, 0) is 10.9 Å². The minimum Gasteiger partial charge on any atom is -0.444 e. The van der Waals surface area contributed by atoms with Crippen molar-refractivity contribution in [1.29, 1.82) is 0 Å². The number of halogens is 3. The van der Waals surface area contributed by atoms with Gasteiger partial charge in [0.05, 0.1) is 10.9 Å². The summed E-state index contributed by atoms with van der Waals surface area (Å²) >= 11 is 0. The number of carbonyl (C=O) groups is 1. The average Bonchev–Trinajstić information content (AvgIpc) is 2.99. The summed E-state index contributed by atoms with van der Waals surface area (Å²) in [4.78, 5) is 26.5. The molecule has 2 atom stereocenters. The number of nitrogens with zero attached hydrogens (tertiary/aromatic N) is 4. The smallest absolute Gasteiger partial charge is 0.418 e. The topological polar surface area (TPSA) is 74.4 Å². The Bertz CT molecular complexity index is 874. The van der Waals surface area contributed by atoms with Crippen LogP contribution in [0.5, 0.6) is 0 Å². The first-order chi connectivity index (χ1) is 12.9. The number of ether oxygens (including phenoxy) is 1. The normalized spacial score (nSPS) is 21.3. The number of carbonyl (C=O) groups excluding carboxylic acids is 1. The van der Waals surface area contributed by atoms with E-state index in [1.54, 1.807) is 30.6 Å². The molecule has 3 rings (SSSR count). The van der Waals surface area contributed by atoms with E-state index in [2.05, 4.69) is 15.0 Å². The molecule has 0 bridgehead atoms. The number of rotatable bonds is 1. The number of fused-ring (bicyclic) bond motifs is 1. The molecular formula is C18H24F3N5O2. The third-order valence-electron chi connectivity index (χ3n) is 4.64. The van der Waals surface area contributed by atoms with E-state index >= 15 is 0 Å². The molecule has 2 aromatic rings. The van der Waals surface area contributed by atoms with E-state index in [-0.39, 0.29) is 28.9 Å². The van der Waals surface area contributed by atoms with Crippen LogP contribution in [0.4, 0.5) is 23.8 Å². The second-order valence-electron chi connectivity index (χ2n) is 8.10. The van der Waals surface area contributed by atoms with Crippen molar-refractivity contribution < 1.29 is 22.7 Å². The highest BCUT2D eigenvalue weighted by Crippen LogP contribution is 2.39. The van der Waals surface area contributed by atoms with Gasteiger partial charge in [-0.2, -0.15) is 13.2 Å². The molecule has 154 valence electrons. The molecule has 0 radical (unpaired) electrons. The van der Waals surface area contributed by atoms with Gasteiger partial charge in [-0.05, 0) is 34.6 Å². The molecule has 1 saturated heterocycles. The second kappa shape index (κ2) is 6.82. The SMILES string of the molecule is C[C@@H]1CN(c2ncnc3[nH]cc(C(F)(F)F)c23)[C@@H](C)CN1C(=O)OC(C)(C)C. The zero-order chi connectivity index (χ0) is 20.9. The fourth-order valence-electron chi connectivity index (χ4n) is 3.38. The van der Waals surface area contributed by atoms with Gasteiger partial charge >= 0.3 is 12.3 Å². The van der Waals surface area contributed by atoms with E-state index < -0.39 is 23.4 Å².